The SMILES string of the molecule is COc1c(C)c(C)c(OC)c(COC(=O)c2ccc([N+](=O)[O-])cc2[N+](=O)[O-])c1C. The van der Waals surface area contributed by atoms with E-state index in [1.54, 1.807) is 6.92 Å². The third-order valence-corrected chi connectivity index (χ3v) is 4.68. The number of ether oxygens (including phenoxy) is 3. The normalized spacial score (nSPS) is 10.4. The summed E-state index contributed by atoms with van der Waals surface area (Å²) < 4.78 is 16.1. The van der Waals surface area contributed by atoms with Gasteiger partial charge in [0.1, 0.15) is 23.7 Å². The van der Waals surface area contributed by atoms with E-state index in [1.165, 1.54) is 14.2 Å². The molecule has 2 aromatic carbocycles. The number of carbonyl (C=O) groups is 1. The molecule has 0 heterocycles. The van der Waals surface area contributed by atoms with Crippen molar-refractivity contribution in [3.05, 3.63) is 66.2 Å². The summed E-state index contributed by atoms with van der Waals surface area (Å²) in [6, 6.07) is 2.74. The molecule has 10 nitrogen and oxygen atoms in total. The first kappa shape index (κ1) is 21.6. The van der Waals surface area contributed by atoms with Crippen LogP contribution in [0.15, 0.2) is 18.2 Å². The number of methoxy groups -OCH3 is 2. The molecule has 10 heteroatoms. The first-order valence-electron chi connectivity index (χ1n) is 8.44. The minimum absolute atomic E-state index is 0.223. The van der Waals surface area contributed by atoms with Crippen LogP contribution in [0.3, 0.4) is 0 Å². The van der Waals surface area contributed by atoms with Gasteiger partial charge in [-0.3, -0.25) is 20.2 Å². The fourth-order valence-electron chi connectivity index (χ4n) is 3.08. The van der Waals surface area contributed by atoms with Crippen molar-refractivity contribution in [2.24, 2.45) is 0 Å². The van der Waals surface area contributed by atoms with Crippen molar-refractivity contribution in [1.82, 2.24) is 0 Å². The molecule has 0 bridgehead atoms. The predicted molar refractivity (Wildman–Crippen MR) is 103 cm³/mol. The van der Waals surface area contributed by atoms with Gasteiger partial charge >= 0.3 is 5.97 Å². The van der Waals surface area contributed by atoms with Crippen LogP contribution in [-0.2, 0) is 11.3 Å². The summed E-state index contributed by atoms with van der Waals surface area (Å²) in [5.41, 5.74) is 1.37. The van der Waals surface area contributed by atoms with Crippen LogP contribution < -0.4 is 9.47 Å². The lowest BCUT2D eigenvalue weighted by Crippen LogP contribution is -2.11. The minimum Gasteiger partial charge on any atom is -0.496 e. The van der Waals surface area contributed by atoms with Crippen molar-refractivity contribution in [3.63, 3.8) is 0 Å². The van der Waals surface area contributed by atoms with E-state index in [0.29, 0.717) is 22.6 Å². The van der Waals surface area contributed by atoms with Gasteiger partial charge in [-0.15, -0.1) is 0 Å². The predicted octanol–water partition coefficient (Wildman–Crippen LogP) is 3.80. The molecule has 0 amide bonds. The van der Waals surface area contributed by atoms with Gasteiger partial charge in [-0.25, -0.2) is 4.79 Å². The Morgan fingerprint density at radius 1 is 0.931 bits per heavy atom. The van der Waals surface area contributed by atoms with Crippen molar-refractivity contribution in [2.75, 3.05) is 14.2 Å². The van der Waals surface area contributed by atoms with E-state index < -0.39 is 27.2 Å². The van der Waals surface area contributed by atoms with E-state index >= 15 is 0 Å². The molecule has 2 aromatic rings. The van der Waals surface area contributed by atoms with Gasteiger partial charge in [0.05, 0.1) is 30.1 Å². The van der Waals surface area contributed by atoms with E-state index in [-0.39, 0.29) is 12.2 Å². The number of rotatable bonds is 7. The highest BCUT2D eigenvalue weighted by molar-refractivity contribution is 5.94. The van der Waals surface area contributed by atoms with Gasteiger partial charge in [0.25, 0.3) is 11.4 Å². The molecule has 0 atom stereocenters. The number of nitro benzene ring substituents is 2. The van der Waals surface area contributed by atoms with Gasteiger partial charge in [0.2, 0.25) is 0 Å². The second-order valence-corrected chi connectivity index (χ2v) is 6.21. The molecule has 0 aromatic heterocycles. The number of non-ortho nitro benzene ring substituents is 1. The third kappa shape index (κ3) is 4.10. The molecular weight excluding hydrogens is 384 g/mol. The van der Waals surface area contributed by atoms with E-state index in [1.807, 2.05) is 13.8 Å². The van der Waals surface area contributed by atoms with Crippen molar-refractivity contribution >= 4 is 17.3 Å². The second kappa shape index (κ2) is 8.55. The summed E-state index contributed by atoms with van der Waals surface area (Å²) in [7, 11) is 3.01. The Balaban J connectivity index is 2.41. The van der Waals surface area contributed by atoms with Gasteiger partial charge in [0.15, 0.2) is 0 Å². The van der Waals surface area contributed by atoms with Crippen molar-refractivity contribution < 1.29 is 28.9 Å². The van der Waals surface area contributed by atoms with E-state index in [9.17, 15) is 25.0 Å². The first-order valence-corrected chi connectivity index (χ1v) is 8.44. The molecule has 29 heavy (non-hydrogen) atoms. The zero-order chi connectivity index (χ0) is 21.9. The van der Waals surface area contributed by atoms with Crippen molar-refractivity contribution in [3.8, 4) is 11.5 Å². The quantitative estimate of drug-likeness (QED) is 0.387. The lowest BCUT2D eigenvalue weighted by molar-refractivity contribution is -0.394. The van der Waals surface area contributed by atoms with Gasteiger partial charge in [-0.2, -0.15) is 0 Å². The Labute approximate surface area is 166 Å². The van der Waals surface area contributed by atoms with Crippen LogP contribution in [-0.4, -0.2) is 30.0 Å². The zero-order valence-electron chi connectivity index (χ0n) is 16.6. The number of esters is 1. The number of benzene rings is 2. The molecule has 0 aliphatic carbocycles. The summed E-state index contributed by atoms with van der Waals surface area (Å²) in [5.74, 6) is 0.160. The minimum atomic E-state index is -0.981. The maximum Gasteiger partial charge on any atom is 0.345 e. The molecular formula is C19H20N2O8. The topological polar surface area (TPSA) is 131 Å². The first-order chi connectivity index (χ1) is 13.6. The van der Waals surface area contributed by atoms with Crippen LogP contribution in [0, 0.1) is 41.0 Å². The average molecular weight is 404 g/mol. The third-order valence-electron chi connectivity index (χ3n) is 4.68. The molecule has 0 aliphatic rings. The van der Waals surface area contributed by atoms with E-state index in [2.05, 4.69) is 0 Å². The van der Waals surface area contributed by atoms with Gasteiger partial charge < -0.3 is 14.2 Å². The van der Waals surface area contributed by atoms with Crippen LogP contribution in [0.1, 0.15) is 32.6 Å². The Morgan fingerprint density at radius 3 is 2.03 bits per heavy atom. The smallest absolute Gasteiger partial charge is 0.345 e. The number of carbonyl (C=O) groups excluding carboxylic acids is 1. The van der Waals surface area contributed by atoms with Crippen LogP contribution in [0.5, 0.6) is 11.5 Å². The van der Waals surface area contributed by atoms with Crippen molar-refractivity contribution in [1.29, 1.82) is 0 Å². The number of hydrogen-bond donors (Lipinski definition) is 0. The molecule has 0 saturated carbocycles. The molecule has 0 unspecified atom stereocenters. The summed E-state index contributed by atoms with van der Waals surface area (Å²) in [4.78, 5) is 32.9. The molecule has 2 rings (SSSR count). The van der Waals surface area contributed by atoms with E-state index in [0.717, 1.165) is 29.3 Å². The molecule has 0 spiro atoms. The highest BCUT2D eigenvalue weighted by atomic mass is 16.6. The standard InChI is InChI=1S/C19H20N2O8/c1-10-11(2)18(28-5)15(12(3)17(10)27-4)9-29-19(22)14-7-6-13(20(23)24)8-16(14)21(25)26/h6-8H,9H2,1-5H3. The Morgan fingerprint density at radius 2 is 1.52 bits per heavy atom. The molecule has 154 valence electrons. The zero-order valence-corrected chi connectivity index (χ0v) is 16.6. The summed E-state index contributed by atoms with van der Waals surface area (Å²) in [5, 5.41) is 22.1. The van der Waals surface area contributed by atoms with Crippen LogP contribution in [0.4, 0.5) is 11.4 Å². The monoisotopic (exact) mass is 404 g/mol. The fraction of sp³-hybridized carbons (Fsp3) is 0.316. The summed E-state index contributed by atoms with van der Waals surface area (Å²) >= 11 is 0. The summed E-state index contributed by atoms with van der Waals surface area (Å²) in [6.45, 7) is 5.27. The summed E-state index contributed by atoms with van der Waals surface area (Å²) in [6.07, 6.45) is 0. The molecule has 0 fully saturated rings. The average Bonchev–Trinajstić information content (AvgIpc) is 2.69. The highest BCUT2D eigenvalue weighted by Crippen LogP contribution is 2.38. The molecule has 0 N–H and O–H groups in total. The van der Waals surface area contributed by atoms with Crippen LogP contribution in [0.2, 0.25) is 0 Å². The Kier molecular flexibility index (Phi) is 6.37. The van der Waals surface area contributed by atoms with Gasteiger partial charge in [0, 0.05) is 17.2 Å². The molecule has 0 radical (unpaired) electrons. The van der Waals surface area contributed by atoms with Crippen LogP contribution in [0.25, 0.3) is 0 Å². The maximum absolute atomic E-state index is 12.5. The van der Waals surface area contributed by atoms with Crippen molar-refractivity contribution in [2.45, 2.75) is 27.4 Å². The van der Waals surface area contributed by atoms with E-state index in [4.69, 9.17) is 14.2 Å². The molecule has 0 saturated heterocycles. The maximum atomic E-state index is 12.5. The number of nitrogens with zero attached hydrogens (tertiary/aromatic N) is 2. The second-order valence-electron chi connectivity index (χ2n) is 6.21. The Hall–Kier alpha value is -3.69. The lowest BCUT2D eigenvalue weighted by atomic mass is 9.97. The highest BCUT2D eigenvalue weighted by Gasteiger charge is 2.26. The largest absolute Gasteiger partial charge is 0.496 e. The molecule has 0 aliphatic heterocycles. The van der Waals surface area contributed by atoms with Gasteiger partial charge in [-0.05, 0) is 38.0 Å². The van der Waals surface area contributed by atoms with Gasteiger partial charge in [-0.1, -0.05) is 0 Å². The lowest BCUT2D eigenvalue weighted by Gasteiger charge is -2.20. The number of nitro groups is 2. The Bertz CT molecular complexity index is 1000. The van der Waals surface area contributed by atoms with Crippen LogP contribution >= 0.6 is 0 Å². The fourth-order valence-corrected chi connectivity index (χ4v) is 3.08. The number of hydrogen-bond acceptors (Lipinski definition) is 8.